The molecule has 7 nitrogen and oxygen atoms in total. The Hall–Kier alpha value is -1.67. The minimum atomic E-state index is -2.62. The number of nitrogen functional groups attached to an aromatic ring is 1. The number of phenols is 1. The molecule has 0 aliphatic rings. The van der Waals surface area contributed by atoms with Crippen LogP contribution in [0.15, 0.2) is 17.0 Å². The molecular formula is C6H5N2O5S-. The van der Waals surface area contributed by atoms with Crippen molar-refractivity contribution in [1.29, 1.82) is 0 Å². The third-order valence-electron chi connectivity index (χ3n) is 1.48. The number of nitro groups is 1. The molecule has 1 atom stereocenters. The molecule has 1 aromatic carbocycles. The Morgan fingerprint density at radius 1 is 1.50 bits per heavy atom. The summed E-state index contributed by atoms with van der Waals surface area (Å²) in [6.07, 6.45) is 0. The summed E-state index contributed by atoms with van der Waals surface area (Å²) in [7, 11) is 0. The van der Waals surface area contributed by atoms with Gasteiger partial charge in [-0.3, -0.25) is 14.3 Å². The molecule has 0 saturated heterocycles. The standard InChI is InChI=1S/C6H6N2O5S/c7-4-1-3(14(12)13)2-5(6(4)9)8(10)11/h1-2,9H,7H2,(H,12,13)/p-1. The molecule has 0 fully saturated rings. The first-order chi connectivity index (χ1) is 6.43. The number of hydrogen-bond donors (Lipinski definition) is 2. The highest BCUT2D eigenvalue weighted by Gasteiger charge is 2.17. The predicted octanol–water partition coefficient (Wildman–Crippen LogP) is 0.121. The number of nitrogens with two attached hydrogens (primary N) is 1. The van der Waals surface area contributed by atoms with E-state index in [1.807, 2.05) is 0 Å². The maximum atomic E-state index is 10.5. The minimum Gasteiger partial charge on any atom is -0.768 e. The maximum Gasteiger partial charge on any atom is 0.314 e. The molecule has 0 amide bonds. The minimum absolute atomic E-state index is 0.341. The molecule has 76 valence electrons. The smallest absolute Gasteiger partial charge is 0.314 e. The summed E-state index contributed by atoms with van der Waals surface area (Å²) in [5.74, 6) is -0.732. The van der Waals surface area contributed by atoms with Crippen LogP contribution in [-0.2, 0) is 11.1 Å². The Labute approximate surface area is 80.6 Å². The fraction of sp³-hybridized carbons (Fsp3) is 0. The average Bonchev–Trinajstić information content (AvgIpc) is 2.08. The Morgan fingerprint density at radius 2 is 2.07 bits per heavy atom. The third-order valence-corrected chi connectivity index (χ3v) is 2.10. The van der Waals surface area contributed by atoms with Gasteiger partial charge in [-0.2, -0.15) is 0 Å². The van der Waals surface area contributed by atoms with Crippen molar-refractivity contribution in [2.24, 2.45) is 0 Å². The van der Waals surface area contributed by atoms with Gasteiger partial charge in [0.2, 0.25) is 5.75 Å². The zero-order chi connectivity index (χ0) is 10.9. The van der Waals surface area contributed by atoms with E-state index in [-0.39, 0.29) is 10.6 Å². The maximum absolute atomic E-state index is 10.5. The van der Waals surface area contributed by atoms with Gasteiger partial charge in [0.05, 0.1) is 10.6 Å². The lowest BCUT2D eigenvalue weighted by Gasteiger charge is -2.07. The van der Waals surface area contributed by atoms with Crippen LogP contribution in [-0.4, -0.2) is 18.8 Å². The fourth-order valence-electron chi connectivity index (χ4n) is 0.850. The summed E-state index contributed by atoms with van der Waals surface area (Å²) in [5.41, 5.74) is 4.09. The second-order valence-electron chi connectivity index (χ2n) is 2.37. The first kappa shape index (κ1) is 10.4. The van der Waals surface area contributed by atoms with Crippen molar-refractivity contribution in [2.75, 3.05) is 5.73 Å². The normalized spacial score (nSPS) is 12.4. The largest absolute Gasteiger partial charge is 0.768 e. The highest BCUT2D eigenvalue weighted by molar-refractivity contribution is 7.79. The number of phenolic OH excluding ortho intramolecular Hbond substituents is 1. The Kier molecular flexibility index (Phi) is 2.68. The highest BCUT2D eigenvalue weighted by atomic mass is 32.2. The molecule has 0 bridgehead atoms. The monoisotopic (exact) mass is 217 g/mol. The van der Waals surface area contributed by atoms with E-state index in [0.717, 1.165) is 12.1 Å². The van der Waals surface area contributed by atoms with Crippen molar-refractivity contribution < 1.29 is 18.8 Å². The molecule has 0 aromatic heterocycles. The second kappa shape index (κ2) is 3.60. The molecule has 14 heavy (non-hydrogen) atoms. The number of nitrogens with zero attached hydrogens (tertiary/aromatic N) is 1. The summed E-state index contributed by atoms with van der Waals surface area (Å²) >= 11 is -2.62. The molecule has 1 unspecified atom stereocenters. The molecule has 1 aromatic rings. The van der Waals surface area contributed by atoms with Crippen molar-refractivity contribution in [1.82, 2.24) is 0 Å². The molecule has 8 heteroatoms. The van der Waals surface area contributed by atoms with Crippen molar-refractivity contribution in [3.63, 3.8) is 0 Å². The van der Waals surface area contributed by atoms with Gasteiger partial charge in [0, 0.05) is 11.0 Å². The van der Waals surface area contributed by atoms with Gasteiger partial charge in [-0.25, -0.2) is 0 Å². The van der Waals surface area contributed by atoms with E-state index in [2.05, 4.69) is 0 Å². The van der Waals surface area contributed by atoms with Crippen LogP contribution < -0.4 is 5.73 Å². The van der Waals surface area contributed by atoms with Crippen LogP contribution >= 0.6 is 0 Å². The van der Waals surface area contributed by atoms with Crippen LogP contribution in [0.25, 0.3) is 0 Å². The average molecular weight is 217 g/mol. The molecule has 0 radical (unpaired) electrons. The van der Waals surface area contributed by atoms with Crippen LogP contribution in [0.5, 0.6) is 5.75 Å². The lowest BCUT2D eigenvalue weighted by Crippen LogP contribution is -1.97. The number of aromatic hydroxyl groups is 1. The van der Waals surface area contributed by atoms with Crippen LogP contribution in [0.2, 0.25) is 0 Å². The van der Waals surface area contributed by atoms with Crippen LogP contribution in [0, 0.1) is 10.1 Å². The van der Waals surface area contributed by atoms with Gasteiger partial charge in [0.15, 0.2) is 0 Å². The fourth-order valence-corrected chi connectivity index (χ4v) is 1.28. The molecule has 1 rings (SSSR count). The first-order valence-electron chi connectivity index (χ1n) is 3.29. The molecule has 0 saturated carbocycles. The van der Waals surface area contributed by atoms with E-state index < -0.39 is 27.4 Å². The van der Waals surface area contributed by atoms with E-state index in [9.17, 15) is 18.9 Å². The molecular weight excluding hydrogens is 212 g/mol. The van der Waals surface area contributed by atoms with Gasteiger partial charge in [-0.05, 0) is 17.1 Å². The Bertz CT molecular complexity index is 419. The lowest BCUT2D eigenvalue weighted by atomic mass is 10.2. The van der Waals surface area contributed by atoms with E-state index in [1.165, 1.54) is 0 Å². The van der Waals surface area contributed by atoms with Crippen LogP contribution in [0.3, 0.4) is 0 Å². The van der Waals surface area contributed by atoms with Gasteiger partial charge in [-0.1, -0.05) is 0 Å². The molecule has 3 N–H and O–H groups in total. The van der Waals surface area contributed by atoms with E-state index >= 15 is 0 Å². The van der Waals surface area contributed by atoms with Crippen LogP contribution in [0.1, 0.15) is 0 Å². The van der Waals surface area contributed by atoms with Gasteiger partial charge in [0.25, 0.3) is 0 Å². The number of anilines is 1. The quantitative estimate of drug-likeness (QED) is 0.238. The number of benzene rings is 1. The zero-order valence-electron chi connectivity index (χ0n) is 6.67. The third kappa shape index (κ3) is 1.80. The van der Waals surface area contributed by atoms with Gasteiger partial charge in [-0.15, -0.1) is 0 Å². The summed E-state index contributed by atoms with van der Waals surface area (Å²) in [6, 6.07) is 1.67. The number of rotatable bonds is 2. The Balaban J connectivity index is 3.43. The van der Waals surface area contributed by atoms with Crippen molar-refractivity contribution in [3.05, 3.63) is 22.2 Å². The summed E-state index contributed by atoms with van der Waals surface area (Å²) < 4.78 is 21.0. The van der Waals surface area contributed by atoms with Gasteiger partial charge >= 0.3 is 5.69 Å². The predicted molar refractivity (Wildman–Crippen MR) is 46.4 cm³/mol. The highest BCUT2D eigenvalue weighted by Crippen LogP contribution is 2.33. The van der Waals surface area contributed by atoms with E-state index in [4.69, 9.17) is 10.8 Å². The molecule has 0 spiro atoms. The summed E-state index contributed by atoms with van der Waals surface area (Å²) in [5, 5.41) is 19.4. The Morgan fingerprint density at radius 3 is 2.50 bits per heavy atom. The topological polar surface area (TPSA) is 130 Å². The first-order valence-corrected chi connectivity index (χ1v) is 4.37. The second-order valence-corrected chi connectivity index (χ2v) is 3.31. The number of hydrogen-bond acceptors (Lipinski definition) is 6. The molecule has 0 heterocycles. The van der Waals surface area contributed by atoms with Crippen LogP contribution in [0.4, 0.5) is 11.4 Å². The molecule has 0 aliphatic carbocycles. The number of nitro benzene ring substituents is 1. The van der Waals surface area contributed by atoms with Crippen molar-refractivity contribution in [2.45, 2.75) is 4.90 Å². The van der Waals surface area contributed by atoms with E-state index in [1.54, 1.807) is 0 Å². The van der Waals surface area contributed by atoms with Crippen molar-refractivity contribution in [3.8, 4) is 5.75 Å². The lowest BCUT2D eigenvalue weighted by molar-refractivity contribution is -0.386. The van der Waals surface area contributed by atoms with Gasteiger partial charge in [0.1, 0.15) is 0 Å². The van der Waals surface area contributed by atoms with Gasteiger partial charge < -0.3 is 15.4 Å². The van der Waals surface area contributed by atoms with E-state index in [0.29, 0.717) is 0 Å². The zero-order valence-corrected chi connectivity index (χ0v) is 7.48. The summed E-state index contributed by atoms with van der Waals surface area (Å²) in [6.45, 7) is 0. The summed E-state index contributed by atoms with van der Waals surface area (Å²) in [4.78, 5) is 9.08. The van der Waals surface area contributed by atoms with Crippen molar-refractivity contribution >= 4 is 22.5 Å². The molecule has 0 aliphatic heterocycles. The SMILES string of the molecule is Nc1cc(S(=O)[O-])cc([N+](=O)[O-])c1O.